The van der Waals surface area contributed by atoms with Crippen LogP contribution in [0.4, 0.5) is 0 Å². The van der Waals surface area contributed by atoms with E-state index >= 15 is 0 Å². The first kappa shape index (κ1) is 9.30. The number of carbonyl (C=O) groups excluding carboxylic acids is 1. The van der Waals surface area contributed by atoms with Gasteiger partial charge in [0.25, 0.3) is 0 Å². The number of nitrogens with zero attached hydrogens (tertiary/aromatic N) is 1. The number of hydrogen-bond acceptors (Lipinski definition) is 2. The Morgan fingerprint density at radius 2 is 2.42 bits per heavy atom. The number of carbonyl (C=O) groups is 1. The van der Waals surface area contributed by atoms with E-state index in [2.05, 4.69) is 18.4 Å². The van der Waals surface area contributed by atoms with E-state index < -0.39 is 0 Å². The van der Waals surface area contributed by atoms with Gasteiger partial charge in [-0.25, -0.2) is 0 Å². The molecule has 0 aromatic rings. The Morgan fingerprint density at radius 1 is 1.75 bits per heavy atom. The standard InChI is InChI=1S/C10H17NO/c1-4-9-6-10(8(3)12)11(5-2)7-9/h5,9-10H,2,4,6-7H2,1,3H3/t9-,10?/m0/s1. The van der Waals surface area contributed by atoms with Gasteiger partial charge in [-0.3, -0.25) is 4.79 Å². The van der Waals surface area contributed by atoms with Crippen molar-refractivity contribution in [2.24, 2.45) is 5.92 Å². The predicted molar refractivity (Wildman–Crippen MR) is 49.8 cm³/mol. The van der Waals surface area contributed by atoms with Gasteiger partial charge in [0.15, 0.2) is 5.78 Å². The second kappa shape index (κ2) is 3.74. The highest BCUT2D eigenvalue weighted by Gasteiger charge is 2.31. The monoisotopic (exact) mass is 167 g/mol. The van der Waals surface area contributed by atoms with Crippen LogP contribution in [0.25, 0.3) is 0 Å². The van der Waals surface area contributed by atoms with E-state index in [0.717, 1.165) is 19.4 Å². The second-order valence-electron chi connectivity index (χ2n) is 3.52. The van der Waals surface area contributed by atoms with E-state index in [-0.39, 0.29) is 11.8 Å². The number of Topliss-reactive ketones (excluding diaryl/α,β-unsaturated/α-hetero) is 1. The largest absolute Gasteiger partial charge is 0.368 e. The van der Waals surface area contributed by atoms with E-state index in [9.17, 15) is 4.79 Å². The van der Waals surface area contributed by atoms with Crippen LogP contribution in [-0.4, -0.2) is 23.3 Å². The van der Waals surface area contributed by atoms with Crippen LogP contribution < -0.4 is 0 Å². The van der Waals surface area contributed by atoms with E-state index in [4.69, 9.17) is 0 Å². The summed E-state index contributed by atoms with van der Waals surface area (Å²) < 4.78 is 0. The molecule has 12 heavy (non-hydrogen) atoms. The molecule has 1 saturated heterocycles. The van der Waals surface area contributed by atoms with Crippen molar-refractivity contribution < 1.29 is 4.79 Å². The van der Waals surface area contributed by atoms with Crippen molar-refractivity contribution in [3.63, 3.8) is 0 Å². The fourth-order valence-electron chi connectivity index (χ4n) is 1.85. The zero-order valence-corrected chi connectivity index (χ0v) is 7.92. The quantitative estimate of drug-likeness (QED) is 0.639. The van der Waals surface area contributed by atoms with Crippen molar-refractivity contribution in [3.8, 4) is 0 Å². The molecule has 1 aliphatic rings. The molecule has 1 unspecified atom stereocenters. The second-order valence-corrected chi connectivity index (χ2v) is 3.52. The fourth-order valence-corrected chi connectivity index (χ4v) is 1.85. The van der Waals surface area contributed by atoms with Crippen LogP contribution in [0.3, 0.4) is 0 Å². The number of hydrogen-bond donors (Lipinski definition) is 0. The molecule has 1 rings (SSSR count). The van der Waals surface area contributed by atoms with E-state index in [1.165, 1.54) is 0 Å². The maximum absolute atomic E-state index is 11.2. The van der Waals surface area contributed by atoms with E-state index in [0.29, 0.717) is 5.92 Å². The molecule has 2 nitrogen and oxygen atoms in total. The van der Waals surface area contributed by atoms with Crippen molar-refractivity contribution in [1.29, 1.82) is 0 Å². The summed E-state index contributed by atoms with van der Waals surface area (Å²) in [6.45, 7) is 8.56. The lowest BCUT2D eigenvalue weighted by Gasteiger charge is -2.18. The summed E-state index contributed by atoms with van der Waals surface area (Å²) in [7, 11) is 0. The first-order valence-corrected chi connectivity index (χ1v) is 4.57. The molecule has 68 valence electrons. The van der Waals surface area contributed by atoms with Gasteiger partial charge in [0.05, 0.1) is 6.04 Å². The summed E-state index contributed by atoms with van der Waals surface area (Å²) >= 11 is 0. The molecule has 2 atom stereocenters. The van der Waals surface area contributed by atoms with Gasteiger partial charge in [0.1, 0.15) is 0 Å². The molecule has 0 spiro atoms. The molecule has 0 saturated carbocycles. The van der Waals surface area contributed by atoms with Crippen LogP contribution in [0.1, 0.15) is 26.7 Å². The summed E-state index contributed by atoms with van der Waals surface area (Å²) in [5, 5.41) is 0. The van der Waals surface area contributed by atoms with Crippen molar-refractivity contribution in [3.05, 3.63) is 12.8 Å². The van der Waals surface area contributed by atoms with Crippen LogP contribution in [0.5, 0.6) is 0 Å². The zero-order chi connectivity index (χ0) is 9.14. The van der Waals surface area contributed by atoms with Crippen LogP contribution >= 0.6 is 0 Å². The molecule has 0 aromatic heterocycles. The minimum Gasteiger partial charge on any atom is -0.368 e. The van der Waals surface area contributed by atoms with Crippen molar-refractivity contribution in [1.82, 2.24) is 4.90 Å². The van der Waals surface area contributed by atoms with Gasteiger partial charge in [-0.2, -0.15) is 0 Å². The molecule has 1 fully saturated rings. The zero-order valence-electron chi connectivity index (χ0n) is 7.92. The van der Waals surface area contributed by atoms with Gasteiger partial charge in [-0.05, 0) is 25.5 Å². The molecule has 1 heterocycles. The van der Waals surface area contributed by atoms with Gasteiger partial charge in [0.2, 0.25) is 0 Å². The third kappa shape index (κ3) is 1.68. The van der Waals surface area contributed by atoms with Crippen LogP contribution in [0.15, 0.2) is 12.8 Å². The van der Waals surface area contributed by atoms with Crippen molar-refractivity contribution >= 4 is 5.78 Å². The minimum atomic E-state index is 0.104. The van der Waals surface area contributed by atoms with Gasteiger partial charge < -0.3 is 4.90 Å². The first-order chi connectivity index (χ1) is 5.69. The van der Waals surface area contributed by atoms with Crippen molar-refractivity contribution in [2.45, 2.75) is 32.7 Å². The van der Waals surface area contributed by atoms with Gasteiger partial charge >= 0.3 is 0 Å². The lowest BCUT2D eigenvalue weighted by molar-refractivity contribution is -0.120. The topological polar surface area (TPSA) is 20.3 Å². The average molecular weight is 167 g/mol. The molecular weight excluding hydrogens is 150 g/mol. The maximum atomic E-state index is 11.2. The predicted octanol–water partition coefficient (Wildman–Crippen LogP) is 1.82. The molecular formula is C10H17NO. The van der Waals surface area contributed by atoms with Crippen LogP contribution in [-0.2, 0) is 4.79 Å². The first-order valence-electron chi connectivity index (χ1n) is 4.57. The average Bonchev–Trinajstić information content (AvgIpc) is 2.47. The third-order valence-electron chi connectivity index (χ3n) is 2.71. The maximum Gasteiger partial charge on any atom is 0.152 e. The summed E-state index contributed by atoms with van der Waals surface area (Å²) in [6, 6.07) is 0.104. The lowest BCUT2D eigenvalue weighted by Crippen LogP contribution is -2.29. The lowest BCUT2D eigenvalue weighted by atomic mass is 10.0. The summed E-state index contributed by atoms with van der Waals surface area (Å²) in [6.07, 6.45) is 3.97. The molecule has 0 amide bonds. The molecule has 0 N–H and O–H groups in total. The molecule has 1 aliphatic heterocycles. The highest BCUT2D eigenvalue weighted by atomic mass is 16.1. The Balaban J connectivity index is 2.62. The fraction of sp³-hybridized carbons (Fsp3) is 0.700. The Morgan fingerprint density at radius 3 is 2.75 bits per heavy atom. The molecule has 2 heteroatoms. The highest BCUT2D eigenvalue weighted by molar-refractivity contribution is 5.81. The summed E-state index contributed by atoms with van der Waals surface area (Å²) in [4.78, 5) is 13.3. The van der Waals surface area contributed by atoms with Gasteiger partial charge in [-0.1, -0.05) is 19.9 Å². The Bertz CT molecular complexity index is 188. The summed E-state index contributed by atoms with van der Waals surface area (Å²) in [5.74, 6) is 0.947. The van der Waals surface area contributed by atoms with E-state index in [1.54, 1.807) is 13.1 Å². The summed E-state index contributed by atoms with van der Waals surface area (Å²) in [5.41, 5.74) is 0. The van der Waals surface area contributed by atoms with Gasteiger partial charge in [0, 0.05) is 6.54 Å². The smallest absolute Gasteiger partial charge is 0.152 e. The molecule has 0 aromatic carbocycles. The van der Waals surface area contributed by atoms with Crippen molar-refractivity contribution in [2.75, 3.05) is 6.54 Å². The normalized spacial score (nSPS) is 29.0. The van der Waals surface area contributed by atoms with Gasteiger partial charge in [-0.15, -0.1) is 0 Å². The SMILES string of the molecule is C=CN1C[C@@H](CC)CC1C(C)=O. The molecule has 0 aliphatic carbocycles. The minimum absolute atomic E-state index is 0.104. The highest BCUT2D eigenvalue weighted by Crippen LogP contribution is 2.25. The van der Waals surface area contributed by atoms with Crippen LogP contribution in [0, 0.1) is 5.92 Å². The number of likely N-dealkylation sites (tertiary alicyclic amines) is 1. The number of rotatable bonds is 3. The Kier molecular flexibility index (Phi) is 2.90. The van der Waals surface area contributed by atoms with E-state index in [1.807, 2.05) is 0 Å². The molecule has 0 bridgehead atoms. The van der Waals surface area contributed by atoms with Crippen LogP contribution in [0.2, 0.25) is 0 Å². The molecule has 0 radical (unpaired) electrons. The third-order valence-corrected chi connectivity index (χ3v) is 2.71. The Hall–Kier alpha value is -0.790. The Labute approximate surface area is 74.2 Å². The number of ketones is 1.